The predicted molar refractivity (Wildman–Crippen MR) is 70.1 cm³/mol. The number of nitrogens with zero attached hydrogens (tertiary/aromatic N) is 2. The zero-order chi connectivity index (χ0) is 13.0. The Kier molecular flexibility index (Phi) is 3.72. The summed E-state index contributed by atoms with van der Waals surface area (Å²) in [5.41, 5.74) is 2.11. The highest BCUT2D eigenvalue weighted by atomic mass is 16.5. The molecule has 5 nitrogen and oxygen atoms in total. The summed E-state index contributed by atoms with van der Waals surface area (Å²) < 4.78 is 12.2. The van der Waals surface area contributed by atoms with Gasteiger partial charge in [-0.25, -0.2) is 0 Å². The number of hydrogen-bond donors (Lipinski definition) is 1. The highest BCUT2D eigenvalue weighted by Gasteiger charge is 2.04. The molecule has 1 aromatic heterocycles. The number of methoxy groups -OCH3 is 2. The summed E-state index contributed by atoms with van der Waals surface area (Å²) in [6.45, 7) is 0.714. The average molecular weight is 247 g/mol. The van der Waals surface area contributed by atoms with E-state index in [0.717, 1.165) is 22.7 Å². The van der Waals surface area contributed by atoms with E-state index in [2.05, 4.69) is 10.4 Å². The lowest BCUT2D eigenvalue weighted by Gasteiger charge is -2.10. The lowest BCUT2D eigenvalue weighted by atomic mass is 10.2. The molecule has 1 heterocycles. The van der Waals surface area contributed by atoms with E-state index >= 15 is 0 Å². The van der Waals surface area contributed by atoms with Crippen LogP contribution in [0, 0.1) is 0 Å². The Bertz CT molecular complexity index is 523. The Morgan fingerprint density at radius 3 is 2.61 bits per heavy atom. The molecule has 0 aliphatic heterocycles. The van der Waals surface area contributed by atoms with E-state index in [4.69, 9.17) is 9.47 Å². The fourth-order valence-electron chi connectivity index (χ4n) is 1.71. The molecule has 0 unspecified atom stereocenters. The quantitative estimate of drug-likeness (QED) is 0.878. The van der Waals surface area contributed by atoms with Crippen molar-refractivity contribution >= 4 is 5.69 Å². The summed E-state index contributed by atoms with van der Waals surface area (Å²) in [5.74, 6) is 1.48. The number of ether oxygens (including phenoxy) is 2. The predicted octanol–water partition coefficient (Wildman–Crippen LogP) is 2.05. The summed E-state index contributed by atoms with van der Waals surface area (Å²) >= 11 is 0. The van der Waals surface area contributed by atoms with Gasteiger partial charge in [-0.15, -0.1) is 0 Å². The van der Waals surface area contributed by atoms with Gasteiger partial charge in [-0.05, 0) is 17.7 Å². The fraction of sp³-hybridized carbons (Fsp3) is 0.308. The van der Waals surface area contributed by atoms with Crippen molar-refractivity contribution in [3.63, 3.8) is 0 Å². The first kappa shape index (κ1) is 12.3. The number of rotatable bonds is 5. The summed E-state index contributed by atoms with van der Waals surface area (Å²) in [6, 6.07) is 5.87. The zero-order valence-electron chi connectivity index (χ0n) is 10.8. The standard InChI is InChI=1S/C13H17N3O2/c1-16-9-11(8-15-16)14-7-10-4-5-12(17-2)13(6-10)18-3/h4-6,8-9,14H,7H2,1-3H3. The molecule has 2 aromatic rings. The first-order chi connectivity index (χ1) is 8.72. The lowest BCUT2D eigenvalue weighted by Crippen LogP contribution is -1.99. The molecule has 1 N–H and O–H groups in total. The monoisotopic (exact) mass is 247 g/mol. The maximum Gasteiger partial charge on any atom is 0.161 e. The molecule has 0 saturated heterocycles. The van der Waals surface area contributed by atoms with Crippen molar-refractivity contribution in [2.24, 2.45) is 7.05 Å². The number of aromatic nitrogens is 2. The van der Waals surface area contributed by atoms with E-state index in [1.54, 1.807) is 25.1 Å². The smallest absolute Gasteiger partial charge is 0.161 e. The van der Waals surface area contributed by atoms with E-state index in [0.29, 0.717) is 6.54 Å². The van der Waals surface area contributed by atoms with Crippen LogP contribution in [0.25, 0.3) is 0 Å². The number of anilines is 1. The third-order valence-corrected chi connectivity index (χ3v) is 2.65. The molecule has 0 fully saturated rings. The van der Waals surface area contributed by atoms with E-state index in [1.165, 1.54) is 0 Å². The number of benzene rings is 1. The van der Waals surface area contributed by atoms with Gasteiger partial charge in [0.05, 0.1) is 26.1 Å². The molecule has 0 aliphatic rings. The van der Waals surface area contributed by atoms with Crippen LogP contribution in [0.15, 0.2) is 30.6 Å². The third kappa shape index (κ3) is 2.74. The van der Waals surface area contributed by atoms with Gasteiger partial charge in [-0.3, -0.25) is 4.68 Å². The Morgan fingerprint density at radius 2 is 2.00 bits per heavy atom. The van der Waals surface area contributed by atoms with Gasteiger partial charge in [0.15, 0.2) is 11.5 Å². The van der Waals surface area contributed by atoms with Crippen molar-refractivity contribution in [2.75, 3.05) is 19.5 Å². The number of hydrogen-bond acceptors (Lipinski definition) is 4. The maximum absolute atomic E-state index is 5.26. The average Bonchev–Trinajstić information content (AvgIpc) is 2.81. The van der Waals surface area contributed by atoms with E-state index in [1.807, 2.05) is 31.4 Å². The van der Waals surface area contributed by atoms with Crippen LogP contribution in [-0.4, -0.2) is 24.0 Å². The topological polar surface area (TPSA) is 48.3 Å². The molecule has 0 bridgehead atoms. The minimum absolute atomic E-state index is 0.714. The van der Waals surface area contributed by atoms with Crippen LogP contribution in [0.5, 0.6) is 11.5 Å². The first-order valence-electron chi connectivity index (χ1n) is 5.66. The second-order valence-electron chi connectivity index (χ2n) is 3.95. The van der Waals surface area contributed by atoms with Gasteiger partial charge in [0, 0.05) is 19.8 Å². The lowest BCUT2D eigenvalue weighted by molar-refractivity contribution is 0.354. The summed E-state index contributed by atoms with van der Waals surface area (Å²) in [6.07, 6.45) is 3.72. The van der Waals surface area contributed by atoms with Crippen molar-refractivity contribution in [1.29, 1.82) is 0 Å². The minimum atomic E-state index is 0.714. The van der Waals surface area contributed by atoms with Gasteiger partial charge < -0.3 is 14.8 Å². The molecule has 0 spiro atoms. The Labute approximate surface area is 106 Å². The fourth-order valence-corrected chi connectivity index (χ4v) is 1.71. The molecular formula is C13H17N3O2. The summed E-state index contributed by atoms with van der Waals surface area (Å²) in [4.78, 5) is 0. The van der Waals surface area contributed by atoms with Crippen molar-refractivity contribution in [3.05, 3.63) is 36.2 Å². The SMILES string of the molecule is COc1ccc(CNc2cnn(C)c2)cc1OC. The van der Waals surface area contributed by atoms with Crippen molar-refractivity contribution in [2.45, 2.75) is 6.54 Å². The van der Waals surface area contributed by atoms with Gasteiger partial charge in [-0.1, -0.05) is 6.07 Å². The molecule has 18 heavy (non-hydrogen) atoms. The Hall–Kier alpha value is -2.17. The van der Waals surface area contributed by atoms with Crippen molar-refractivity contribution in [1.82, 2.24) is 9.78 Å². The second-order valence-corrected chi connectivity index (χ2v) is 3.95. The minimum Gasteiger partial charge on any atom is -0.493 e. The molecule has 0 saturated carbocycles. The van der Waals surface area contributed by atoms with Crippen LogP contribution in [0.2, 0.25) is 0 Å². The maximum atomic E-state index is 5.26. The molecule has 96 valence electrons. The molecular weight excluding hydrogens is 230 g/mol. The van der Waals surface area contributed by atoms with Gasteiger partial charge in [0.2, 0.25) is 0 Å². The van der Waals surface area contributed by atoms with Gasteiger partial charge in [0.25, 0.3) is 0 Å². The van der Waals surface area contributed by atoms with Crippen LogP contribution >= 0.6 is 0 Å². The third-order valence-electron chi connectivity index (χ3n) is 2.65. The van der Waals surface area contributed by atoms with Gasteiger partial charge in [-0.2, -0.15) is 5.10 Å². The first-order valence-corrected chi connectivity index (χ1v) is 5.66. The summed E-state index contributed by atoms with van der Waals surface area (Å²) in [5, 5.41) is 7.39. The highest BCUT2D eigenvalue weighted by Crippen LogP contribution is 2.27. The van der Waals surface area contributed by atoms with Gasteiger partial charge in [0.1, 0.15) is 0 Å². The van der Waals surface area contributed by atoms with E-state index in [9.17, 15) is 0 Å². The van der Waals surface area contributed by atoms with E-state index in [-0.39, 0.29) is 0 Å². The molecule has 0 atom stereocenters. The highest BCUT2D eigenvalue weighted by molar-refractivity contribution is 5.45. The molecule has 2 rings (SSSR count). The van der Waals surface area contributed by atoms with Crippen LogP contribution < -0.4 is 14.8 Å². The zero-order valence-corrected chi connectivity index (χ0v) is 10.8. The molecule has 0 radical (unpaired) electrons. The summed E-state index contributed by atoms with van der Waals surface area (Å²) in [7, 11) is 5.16. The molecule has 5 heteroatoms. The van der Waals surface area contributed by atoms with E-state index < -0.39 is 0 Å². The van der Waals surface area contributed by atoms with Crippen LogP contribution in [0.4, 0.5) is 5.69 Å². The molecule has 0 amide bonds. The largest absolute Gasteiger partial charge is 0.493 e. The molecule has 0 aliphatic carbocycles. The number of aryl methyl sites for hydroxylation is 1. The number of nitrogens with one attached hydrogen (secondary N) is 1. The molecule has 1 aromatic carbocycles. The second kappa shape index (κ2) is 5.44. The van der Waals surface area contributed by atoms with Crippen molar-refractivity contribution in [3.8, 4) is 11.5 Å². The Balaban J connectivity index is 2.05. The van der Waals surface area contributed by atoms with Crippen LogP contribution in [0.1, 0.15) is 5.56 Å². The Morgan fingerprint density at radius 1 is 1.22 bits per heavy atom. The van der Waals surface area contributed by atoms with Gasteiger partial charge >= 0.3 is 0 Å². The normalized spacial score (nSPS) is 10.2. The van der Waals surface area contributed by atoms with Crippen LogP contribution in [-0.2, 0) is 13.6 Å². The van der Waals surface area contributed by atoms with Crippen molar-refractivity contribution < 1.29 is 9.47 Å². The van der Waals surface area contributed by atoms with Crippen LogP contribution in [0.3, 0.4) is 0 Å².